The number of rotatable bonds is 4. The maximum Gasteiger partial charge on any atom is 0.315 e. The van der Waals surface area contributed by atoms with E-state index >= 15 is 0 Å². The molecule has 2 amide bonds. The Morgan fingerprint density at radius 3 is 2.83 bits per heavy atom. The molecule has 2 unspecified atom stereocenters. The minimum absolute atomic E-state index is 0.0227. The Bertz CT molecular complexity index is 540. The molecule has 0 radical (unpaired) electrons. The molecule has 1 saturated carbocycles. The Morgan fingerprint density at radius 2 is 2.13 bits per heavy atom. The first-order valence-electron chi connectivity index (χ1n) is 8.40. The van der Waals surface area contributed by atoms with Gasteiger partial charge in [-0.3, -0.25) is 0 Å². The second-order valence-electron chi connectivity index (χ2n) is 6.86. The highest BCUT2D eigenvalue weighted by Crippen LogP contribution is 2.48. The average Bonchev–Trinajstić information content (AvgIpc) is 3.10. The number of thiophene rings is 1. The minimum Gasteiger partial charge on any atom is -0.392 e. The normalized spacial score (nSPS) is 26.3. The largest absolute Gasteiger partial charge is 0.392 e. The number of hydrogen-bond donors (Lipinski definition) is 3. The summed E-state index contributed by atoms with van der Waals surface area (Å²) < 4.78 is 5.42. The second kappa shape index (κ2) is 7.20. The van der Waals surface area contributed by atoms with Gasteiger partial charge in [-0.05, 0) is 54.5 Å². The molecule has 2 atom stereocenters. The summed E-state index contributed by atoms with van der Waals surface area (Å²) in [6, 6.07) is -0.157. The van der Waals surface area contributed by atoms with Gasteiger partial charge in [0.1, 0.15) is 0 Å². The number of carbonyl (C=O) groups excluding carboxylic acids is 1. The summed E-state index contributed by atoms with van der Waals surface area (Å²) in [6.07, 6.45) is 3.57. The van der Waals surface area contributed by atoms with Crippen LogP contribution in [0.15, 0.2) is 10.8 Å². The summed E-state index contributed by atoms with van der Waals surface area (Å²) in [5.41, 5.74) is 2.39. The molecule has 1 saturated heterocycles. The van der Waals surface area contributed by atoms with E-state index < -0.39 is 0 Å². The van der Waals surface area contributed by atoms with Crippen LogP contribution >= 0.6 is 11.3 Å². The van der Waals surface area contributed by atoms with Crippen LogP contribution in [-0.4, -0.2) is 37.0 Å². The Morgan fingerprint density at radius 1 is 1.35 bits per heavy atom. The van der Waals surface area contributed by atoms with Gasteiger partial charge in [-0.25, -0.2) is 4.79 Å². The summed E-state index contributed by atoms with van der Waals surface area (Å²) in [6.45, 7) is 4.64. The Hall–Kier alpha value is -1.11. The van der Waals surface area contributed by atoms with E-state index in [9.17, 15) is 9.90 Å². The predicted octanol–water partition coefficient (Wildman–Crippen LogP) is 2.42. The lowest BCUT2D eigenvalue weighted by atomic mass is 9.76. The molecular formula is C17H26N2O3S. The van der Waals surface area contributed by atoms with Gasteiger partial charge in [0.05, 0.1) is 6.10 Å². The molecule has 128 valence electrons. The molecule has 6 heteroatoms. The monoisotopic (exact) mass is 338 g/mol. The summed E-state index contributed by atoms with van der Waals surface area (Å²) in [5, 5.41) is 20.6. The lowest BCUT2D eigenvalue weighted by Gasteiger charge is -2.37. The smallest absolute Gasteiger partial charge is 0.315 e. The number of hydrogen-bond acceptors (Lipinski definition) is 4. The van der Waals surface area contributed by atoms with Crippen LogP contribution in [0.5, 0.6) is 0 Å². The van der Waals surface area contributed by atoms with Crippen LogP contribution in [0.4, 0.5) is 4.79 Å². The lowest BCUT2D eigenvalue weighted by molar-refractivity contribution is -0.0554. The van der Waals surface area contributed by atoms with E-state index in [1.807, 2.05) is 6.92 Å². The van der Waals surface area contributed by atoms with Crippen molar-refractivity contribution in [3.8, 4) is 0 Å². The molecule has 1 aliphatic carbocycles. The summed E-state index contributed by atoms with van der Waals surface area (Å²) >= 11 is 1.65. The van der Waals surface area contributed by atoms with Crippen molar-refractivity contribution in [1.82, 2.24) is 10.6 Å². The molecular weight excluding hydrogens is 312 g/mol. The van der Waals surface area contributed by atoms with Gasteiger partial charge in [-0.2, -0.15) is 11.3 Å². The van der Waals surface area contributed by atoms with Gasteiger partial charge in [-0.15, -0.1) is 0 Å². The molecule has 2 aliphatic rings. The summed E-state index contributed by atoms with van der Waals surface area (Å²) in [7, 11) is 0. The molecule has 0 aromatic carbocycles. The maximum absolute atomic E-state index is 12.0. The predicted molar refractivity (Wildman–Crippen MR) is 90.5 cm³/mol. The number of aliphatic hydroxyl groups is 1. The fourth-order valence-electron chi connectivity index (χ4n) is 3.85. The highest BCUT2D eigenvalue weighted by molar-refractivity contribution is 7.08. The van der Waals surface area contributed by atoms with Crippen molar-refractivity contribution in [2.45, 2.75) is 45.3 Å². The fourth-order valence-corrected chi connectivity index (χ4v) is 4.70. The quantitative estimate of drug-likeness (QED) is 0.790. The molecule has 3 N–H and O–H groups in total. The molecule has 0 bridgehead atoms. The second-order valence-corrected chi connectivity index (χ2v) is 7.61. The summed E-state index contributed by atoms with van der Waals surface area (Å²) in [4.78, 5) is 12.0. The van der Waals surface area contributed by atoms with Gasteiger partial charge in [-0.1, -0.05) is 0 Å². The molecule has 2 fully saturated rings. The molecule has 1 aromatic heterocycles. The van der Waals surface area contributed by atoms with Gasteiger partial charge in [0.2, 0.25) is 0 Å². The van der Waals surface area contributed by atoms with Crippen molar-refractivity contribution in [1.29, 1.82) is 0 Å². The molecule has 5 nitrogen and oxygen atoms in total. The van der Waals surface area contributed by atoms with Crippen LogP contribution in [-0.2, 0) is 11.3 Å². The fraction of sp³-hybridized carbons (Fsp3) is 0.706. The van der Waals surface area contributed by atoms with Crippen LogP contribution in [0.25, 0.3) is 0 Å². The lowest BCUT2D eigenvalue weighted by Crippen LogP contribution is -2.43. The Balaban J connectivity index is 1.43. The van der Waals surface area contributed by atoms with Gasteiger partial charge in [0.15, 0.2) is 0 Å². The highest BCUT2D eigenvalue weighted by atomic mass is 32.1. The number of aryl methyl sites for hydroxylation is 1. The number of aliphatic hydroxyl groups excluding tert-OH is 1. The Labute approximate surface area is 141 Å². The zero-order valence-corrected chi connectivity index (χ0v) is 14.5. The first kappa shape index (κ1) is 16.7. The van der Waals surface area contributed by atoms with E-state index in [0.29, 0.717) is 13.1 Å². The molecule has 1 spiro atoms. The van der Waals surface area contributed by atoms with Crippen LogP contribution < -0.4 is 10.6 Å². The minimum atomic E-state index is -0.328. The van der Waals surface area contributed by atoms with Crippen LogP contribution in [0, 0.1) is 18.3 Å². The standard InChI is InChI=1S/C17H26N2O3S/c1-12-10-23-11-14(12)9-19-16(21)18-8-13-2-3-17(15(13)20)4-6-22-7-5-17/h10-11,13,15,20H,2-9H2,1H3,(H2,18,19,21). The van der Waals surface area contributed by atoms with Crippen LogP contribution in [0.1, 0.15) is 36.8 Å². The SMILES string of the molecule is Cc1cscc1CNC(=O)NCC1CCC2(CCOCC2)C1O. The van der Waals surface area contributed by atoms with Crippen molar-refractivity contribution in [3.63, 3.8) is 0 Å². The zero-order chi connectivity index (χ0) is 16.3. The zero-order valence-electron chi connectivity index (χ0n) is 13.6. The highest BCUT2D eigenvalue weighted by Gasteiger charge is 2.48. The van der Waals surface area contributed by atoms with E-state index in [2.05, 4.69) is 21.4 Å². The average molecular weight is 338 g/mol. The number of amides is 2. The number of urea groups is 1. The van der Waals surface area contributed by atoms with Gasteiger partial charge < -0.3 is 20.5 Å². The summed E-state index contributed by atoms with van der Waals surface area (Å²) in [5.74, 6) is 0.154. The third-order valence-electron chi connectivity index (χ3n) is 5.50. The molecule has 1 aliphatic heterocycles. The van der Waals surface area contributed by atoms with Crippen molar-refractivity contribution in [2.75, 3.05) is 19.8 Å². The molecule has 1 aromatic rings. The number of ether oxygens (including phenoxy) is 1. The topological polar surface area (TPSA) is 70.6 Å². The van der Waals surface area contributed by atoms with Crippen molar-refractivity contribution < 1.29 is 14.6 Å². The number of nitrogens with one attached hydrogen (secondary N) is 2. The van der Waals surface area contributed by atoms with Gasteiger partial charge in [0, 0.05) is 37.6 Å². The molecule has 23 heavy (non-hydrogen) atoms. The van der Waals surface area contributed by atoms with Gasteiger partial charge in [0.25, 0.3) is 0 Å². The first-order chi connectivity index (χ1) is 11.1. The van der Waals surface area contributed by atoms with E-state index in [4.69, 9.17) is 4.74 Å². The van der Waals surface area contributed by atoms with E-state index in [1.54, 1.807) is 11.3 Å². The van der Waals surface area contributed by atoms with Gasteiger partial charge >= 0.3 is 6.03 Å². The van der Waals surface area contributed by atoms with E-state index in [1.165, 1.54) is 5.56 Å². The third-order valence-corrected chi connectivity index (χ3v) is 6.41. The third kappa shape index (κ3) is 3.70. The number of carbonyl (C=O) groups is 1. The van der Waals surface area contributed by atoms with Crippen molar-refractivity contribution in [2.24, 2.45) is 11.3 Å². The van der Waals surface area contributed by atoms with Crippen molar-refractivity contribution in [3.05, 3.63) is 21.9 Å². The first-order valence-corrected chi connectivity index (χ1v) is 9.34. The van der Waals surface area contributed by atoms with E-state index in [-0.39, 0.29) is 23.5 Å². The van der Waals surface area contributed by atoms with Crippen LogP contribution in [0.2, 0.25) is 0 Å². The van der Waals surface area contributed by atoms with E-state index in [0.717, 1.165) is 44.5 Å². The Kier molecular flexibility index (Phi) is 5.24. The van der Waals surface area contributed by atoms with Crippen LogP contribution in [0.3, 0.4) is 0 Å². The molecule has 2 heterocycles. The van der Waals surface area contributed by atoms with Crippen molar-refractivity contribution >= 4 is 17.4 Å². The maximum atomic E-state index is 12.0. The molecule has 3 rings (SSSR count).